The van der Waals surface area contributed by atoms with Crippen LogP contribution in [0, 0.1) is 26.7 Å². The van der Waals surface area contributed by atoms with Gasteiger partial charge in [0.1, 0.15) is 23.0 Å². The van der Waals surface area contributed by atoms with Gasteiger partial charge in [0.25, 0.3) is 0 Å². The average Bonchev–Trinajstić information content (AvgIpc) is 3.08. The molecule has 3 rings (SSSR count). The fraction of sp³-hybridized carbons (Fsp3) is 0.565. The van der Waals surface area contributed by atoms with Crippen LogP contribution in [0.25, 0.3) is 0 Å². The Hall–Kier alpha value is -2.30. The number of oxime groups is 1. The van der Waals surface area contributed by atoms with Crippen molar-refractivity contribution in [3.8, 4) is 0 Å². The summed E-state index contributed by atoms with van der Waals surface area (Å²) in [6.07, 6.45) is 2.28. The molecule has 2 atom stereocenters. The quantitative estimate of drug-likeness (QED) is 0.692. The van der Waals surface area contributed by atoms with Crippen molar-refractivity contribution in [2.75, 3.05) is 0 Å². The molecule has 0 saturated heterocycles. The molecule has 1 heterocycles. The second kappa shape index (κ2) is 7.61. The van der Waals surface area contributed by atoms with Gasteiger partial charge in [0.05, 0.1) is 0 Å². The standard InChI is InChI=1S/C23H29NO4/c1-13-9-14(2)20(15(3)10-13)21-19(26)11-16(22(21)27)7-6-8-18(25)17-12-23(4,5)28-24-17/h9-10,16,21H,6-8,11-12H2,1-5H3/t16-,21?/m1/s1. The van der Waals surface area contributed by atoms with Crippen LogP contribution in [-0.2, 0) is 19.2 Å². The van der Waals surface area contributed by atoms with Gasteiger partial charge in [-0.3, -0.25) is 14.4 Å². The fourth-order valence-electron chi connectivity index (χ4n) is 4.50. The number of benzene rings is 1. The lowest BCUT2D eigenvalue weighted by molar-refractivity contribution is -0.125. The van der Waals surface area contributed by atoms with Gasteiger partial charge in [-0.1, -0.05) is 22.9 Å². The van der Waals surface area contributed by atoms with Gasteiger partial charge in [-0.05, 0) is 64.2 Å². The lowest BCUT2D eigenvalue weighted by atomic mass is 9.86. The molecule has 1 unspecified atom stereocenters. The van der Waals surface area contributed by atoms with Gasteiger partial charge in [0.15, 0.2) is 11.6 Å². The largest absolute Gasteiger partial charge is 0.389 e. The molecule has 1 aromatic rings. The molecule has 1 saturated carbocycles. The summed E-state index contributed by atoms with van der Waals surface area (Å²) in [5.74, 6) is -0.940. The van der Waals surface area contributed by atoms with Crippen molar-refractivity contribution in [3.63, 3.8) is 0 Å². The van der Waals surface area contributed by atoms with Gasteiger partial charge < -0.3 is 4.84 Å². The van der Waals surface area contributed by atoms with E-state index in [4.69, 9.17) is 4.84 Å². The molecule has 1 aliphatic heterocycles. The minimum atomic E-state index is -0.644. The zero-order valence-electron chi connectivity index (χ0n) is 17.4. The Balaban J connectivity index is 1.61. The van der Waals surface area contributed by atoms with Crippen LogP contribution in [0.4, 0.5) is 0 Å². The number of Topliss-reactive ketones (excluding diaryl/α,β-unsaturated/α-hetero) is 3. The molecule has 0 radical (unpaired) electrons. The number of ketones is 3. The van der Waals surface area contributed by atoms with Crippen molar-refractivity contribution >= 4 is 23.1 Å². The number of carbonyl (C=O) groups excluding carboxylic acids is 3. The molecular formula is C23H29NO4. The minimum absolute atomic E-state index is 0.00620. The van der Waals surface area contributed by atoms with Crippen molar-refractivity contribution in [2.45, 2.75) is 78.2 Å². The van der Waals surface area contributed by atoms with Crippen LogP contribution in [0.5, 0.6) is 0 Å². The minimum Gasteiger partial charge on any atom is -0.389 e. The Kier molecular flexibility index (Phi) is 5.55. The third kappa shape index (κ3) is 4.08. The van der Waals surface area contributed by atoms with E-state index in [0.717, 1.165) is 22.3 Å². The summed E-state index contributed by atoms with van der Waals surface area (Å²) in [6, 6.07) is 4.06. The van der Waals surface area contributed by atoms with Crippen molar-refractivity contribution in [3.05, 3.63) is 34.4 Å². The molecule has 1 fully saturated rings. The van der Waals surface area contributed by atoms with E-state index in [1.807, 2.05) is 46.8 Å². The highest BCUT2D eigenvalue weighted by Crippen LogP contribution is 2.38. The Bertz CT molecular complexity index is 842. The molecular weight excluding hydrogens is 354 g/mol. The summed E-state index contributed by atoms with van der Waals surface area (Å²) >= 11 is 0. The summed E-state index contributed by atoms with van der Waals surface area (Å²) in [6.45, 7) is 9.74. The second-order valence-corrected chi connectivity index (χ2v) is 8.90. The lowest BCUT2D eigenvalue weighted by Crippen LogP contribution is -2.22. The highest BCUT2D eigenvalue weighted by molar-refractivity contribution is 6.40. The van der Waals surface area contributed by atoms with Gasteiger partial charge in [0.2, 0.25) is 0 Å². The van der Waals surface area contributed by atoms with E-state index in [1.165, 1.54) is 0 Å². The molecule has 0 amide bonds. The first-order valence-corrected chi connectivity index (χ1v) is 10.0. The van der Waals surface area contributed by atoms with Crippen molar-refractivity contribution < 1.29 is 19.2 Å². The van der Waals surface area contributed by atoms with E-state index in [1.54, 1.807) is 0 Å². The van der Waals surface area contributed by atoms with Gasteiger partial charge in [0, 0.05) is 25.2 Å². The lowest BCUT2D eigenvalue weighted by Gasteiger charge is -2.16. The Labute approximate surface area is 166 Å². The van der Waals surface area contributed by atoms with Gasteiger partial charge in [-0.25, -0.2) is 0 Å². The molecule has 1 aromatic carbocycles. The SMILES string of the molecule is Cc1cc(C)c(C2C(=O)C[C@@H](CCCC(=O)C3=NOC(C)(C)C3)C2=O)c(C)c1. The van der Waals surface area contributed by atoms with Crippen LogP contribution in [0.3, 0.4) is 0 Å². The summed E-state index contributed by atoms with van der Waals surface area (Å²) in [5.41, 5.74) is 4.06. The molecule has 1 aliphatic carbocycles. The monoisotopic (exact) mass is 383 g/mol. The zero-order chi connectivity index (χ0) is 20.6. The van der Waals surface area contributed by atoms with Crippen LogP contribution >= 0.6 is 0 Å². The van der Waals surface area contributed by atoms with E-state index >= 15 is 0 Å². The second-order valence-electron chi connectivity index (χ2n) is 8.90. The third-order valence-electron chi connectivity index (χ3n) is 5.76. The normalized spacial score (nSPS) is 23.7. The van der Waals surface area contributed by atoms with Crippen LogP contribution in [0.15, 0.2) is 17.3 Å². The van der Waals surface area contributed by atoms with Crippen LogP contribution < -0.4 is 0 Å². The molecule has 5 nitrogen and oxygen atoms in total. The summed E-state index contributed by atoms with van der Waals surface area (Å²) < 4.78 is 0. The van der Waals surface area contributed by atoms with Gasteiger partial charge in [-0.2, -0.15) is 0 Å². The average molecular weight is 383 g/mol. The molecule has 0 spiro atoms. The predicted octanol–water partition coefficient (Wildman–Crippen LogP) is 4.15. The highest BCUT2D eigenvalue weighted by Gasteiger charge is 2.42. The number of carbonyl (C=O) groups is 3. The predicted molar refractivity (Wildman–Crippen MR) is 108 cm³/mol. The number of hydrogen-bond donors (Lipinski definition) is 0. The maximum absolute atomic E-state index is 13.0. The summed E-state index contributed by atoms with van der Waals surface area (Å²) in [5, 5.41) is 3.89. The number of hydrogen-bond acceptors (Lipinski definition) is 5. The fourth-order valence-corrected chi connectivity index (χ4v) is 4.50. The third-order valence-corrected chi connectivity index (χ3v) is 5.76. The smallest absolute Gasteiger partial charge is 0.180 e. The molecule has 0 aromatic heterocycles. The van der Waals surface area contributed by atoms with Gasteiger partial charge in [-0.15, -0.1) is 0 Å². The van der Waals surface area contributed by atoms with E-state index < -0.39 is 11.5 Å². The Morgan fingerprint density at radius 2 is 1.82 bits per heavy atom. The molecule has 150 valence electrons. The highest BCUT2D eigenvalue weighted by atomic mass is 16.7. The summed E-state index contributed by atoms with van der Waals surface area (Å²) in [7, 11) is 0. The Morgan fingerprint density at radius 3 is 2.39 bits per heavy atom. The molecule has 28 heavy (non-hydrogen) atoms. The van der Waals surface area contributed by atoms with Crippen LogP contribution in [-0.4, -0.2) is 28.7 Å². The number of nitrogens with zero attached hydrogens (tertiary/aromatic N) is 1. The van der Waals surface area contributed by atoms with Crippen molar-refractivity contribution in [2.24, 2.45) is 11.1 Å². The van der Waals surface area contributed by atoms with Crippen LogP contribution in [0.1, 0.15) is 74.1 Å². The molecule has 2 aliphatic rings. The first kappa shape index (κ1) is 20.4. The first-order valence-electron chi connectivity index (χ1n) is 10.0. The van der Waals surface area contributed by atoms with Crippen LogP contribution in [0.2, 0.25) is 0 Å². The maximum Gasteiger partial charge on any atom is 0.180 e. The summed E-state index contributed by atoms with van der Waals surface area (Å²) in [4.78, 5) is 43.2. The molecule has 0 bridgehead atoms. The van der Waals surface area contributed by atoms with Crippen molar-refractivity contribution in [1.82, 2.24) is 0 Å². The maximum atomic E-state index is 13.0. The zero-order valence-corrected chi connectivity index (χ0v) is 17.4. The molecule has 5 heteroatoms. The van der Waals surface area contributed by atoms with E-state index in [2.05, 4.69) is 5.16 Å². The first-order chi connectivity index (χ1) is 13.1. The Morgan fingerprint density at radius 1 is 1.18 bits per heavy atom. The number of aryl methyl sites for hydroxylation is 3. The molecule has 0 N–H and O–H groups in total. The van der Waals surface area contributed by atoms with E-state index in [9.17, 15) is 14.4 Å². The van der Waals surface area contributed by atoms with E-state index in [0.29, 0.717) is 31.4 Å². The van der Waals surface area contributed by atoms with E-state index in [-0.39, 0.29) is 29.7 Å². The topological polar surface area (TPSA) is 72.8 Å². The number of rotatable bonds is 6. The van der Waals surface area contributed by atoms with Crippen molar-refractivity contribution in [1.29, 1.82) is 0 Å². The van der Waals surface area contributed by atoms with Gasteiger partial charge >= 0.3 is 0 Å².